The highest BCUT2D eigenvalue weighted by atomic mass is 16.5. The molecular formula is C18H24N2O. The Bertz CT molecular complexity index is 575. The van der Waals surface area contributed by atoms with E-state index in [0.29, 0.717) is 6.61 Å². The van der Waals surface area contributed by atoms with E-state index in [4.69, 9.17) is 10.6 Å². The van der Waals surface area contributed by atoms with Crippen LogP contribution in [0.15, 0.2) is 42.5 Å². The highest BCUT2D eigenvalue weighted by Crippen LogP contribution is 2.29. The van der Waals surface area contributed by atoms with Crippen LogP contribution in [-0.2, 0) is 6.42 Å². The van der Waals surface area contributed by atoms with Gasteiger partial charge < -0.3 is 4.74 Å². The number of benzene rings is 2. The van der Waals surface area contributed by atoms with Crippen molar-refractivity contribution in [1.29, 1.82) is 0 Å². The van der Waals surface area contributed by atoms with Crippen LogP contribution in [0, 0.1) is 13.8 Å². The second-order valence-corrected chi connectivity index (χ2v) is 5.26. The largest absolute Gasteiger partial charge is 0.494 e. The zero-order chi connectivity index (χ0) is 15.2. The maximum Gasteiger partial charge on any atom is 0.124 e. The maximum atomic E-state index is 5.81. The minimum Gasteiger partial charge on any atom is -0.494 e. The first-order chi connectivity index (χ1) is 10.2. The summed E-state index contributed by atoms with van der Waals surface area (Å²) in [5, 5.41) is 0. The zero-order valence-corrected chi connectivity index (χ0v) is 13.0. The lowest BCUT2D eigenvalue weighted by molar-refractivity contribution is 0.331. The second kappa shape index (κ2) is 7.25. The quantitative estimate of drug-likeness (QED) is 0.631. The number of hydrogen-bond donors (Lipinski definition) is 2. The minimum absolute atomic E-state index is 0.0348. The van der Waals surface area contributed by atoms with Gasteiger partial charge in [-0.05, 0) is 49.9 Å². The van der Waals surface area contributed by atoms with Gasteiger partial charge in [0.1, 0.15) is 5.75 Å². The molecule has 0 radical (unpaired) electrons. The summed E-state index contributed by atoms with van der Waals surface area (Å²) >= 11 is 0. The first-order valence-electron chi connectivity index (χ1n) is 7.40. The highest BCUT2D eigenvalue weighted by molar-refractivity contribution is 5.40. The van der Waals surface area contributed by atoms with Crippen LogP contribution in [0.1, 0.15) is 35.2 Å². The minimum atomic E-state index is 0.0348. The van der Waals surface area contributed by atoms with E-state index < -0.39 is 0 Å². The lowest BCUT2D eigenvalue weighted by Gasteiger charge is -2.21. The van der Waals surface area contributed by atoms with Crippen molar-refractivity contribution in [2.24, 2.45) is 5.84 Å². The first-order valence-corrected chi connectivity index (χ1v) is 7.40. The van der Waals surface area contributed by atoms with Gasteiger partial charge in [-0.25, -0.2) is 0 Å². The van der Waals surface area contributed by atoms with Crippen molar-refractivity contribution in [2.45, 2.75) is 33.2 Å². The molecule has 0 aromatic heterocycles. The molecule has 0 amide bonds. The molecule has 0 saturated carbocycles. The van der Waals surface area contributed by atoms with E-state index >= 15 is 0 Å². The number of rotatable bonds is 6. The average Bonchev–Trinajstić information content (AvgIpc) is 2.48. The average molecular weight is 284 g/mol. The third-order valence-electron chi connectivity index (χ3n) is 3.85. The van der Waals surface area contributed by atoms with E-state index in [0.717, 1.165) is 17.7 Å². The summed E-state index contributed by atoms with van der Waals surface area (Å²) in [6.07, 6.45) is 0.846. The van der Waals surface area contributed by atoms with Crippen LogP contribution in [0.4, 0.5) is 0 Å². The Labute approximate surface area is 127 Å². The number of hydrazine groups is 1. The van der Waals surface area contributed by atoms with E-state index in [2.05, 4.69) is 43.5 Å². The predicted molar refractivity (Wildman–Crippen MR) is 87.3 cm³/mol. The Morgan fingerprint density at radius 2 is 1.71 bits per heavy atom. The van der Waals surface area contributed by atoms with Gasteiger partial charge in [-0.3, -0.25) is 11.3 Å². The van der Waals surface area contributed by atoms with Gasteiger partial charge in [0.2, 0.25) is 0 Å². The van der Waals surface area contributed by atoms with Gasteiger partial charge in [0.15, 0.2) is 0 Å². The summed E-state index contributed by atoms with van der Waals surface area (Å²) < 4.78 is 5.72. The number of aryl methyl sites for hydroxylation is 2. The standard InChI is InChI=1S/C18H24N2O/c1-4-21-18-11-6-5-10-15(18)17(20-19)12-16-13(2)8-7-9-14(16)3/h5-11,17,20H,4,12,19H2,1-3H3. The van der Waals surface area contributed by atoms with Crippen molar-refractivity contribution in [1.82, 2.24) is 5.43 Å². The van der Waals surface area contributed by atoms with Crippen LogP contribution in [0.2, 0.25) is 0 Å². The molecule has 0 fully saturated rings. The van der Waals surface area contributed by atoms with Crippen LogP contribution in [0.25, 0.3) is 0 Å². The second-order valence-electron chi connectivity index (χ2n) is 5.26. The van der Waals surface area contributed by atoms with E-state index in [-0.39, 0.29) is 6.04 Å². The van der Waals surface area contributed by atoms with Crippen molar-refractivity contribution in [3.63, 3.8) is 0 Å². The van der Waals surface area contributed by atoms with E-state index in [1.165, 1.54) is 16.7 Å². The molecule has 3 heteroatoms. The Morgan fingerprint density at radius 3 is 2.33 bits per heavy atom. The fourth-order valence-corrected chi connectivity index (χ4v) is 2.69. The molecule has 0 spiro atoms. The van der Waals surface area contributed by atoms with Gasteiger partial charge >= 0.3 is 0 Å². The number of ether oxygens (including phenoxy) is 1. The summed E-state index contributed by atoms with van der Waals surface area (Å²) in [7, 11) is 0. The van der Waals surface area contributed by atoms with Crippen LogP contribution >= 0.6 is 0 Å². The molecule has 2 rings (SSSR count). The van der Waals surface area contributed by atoms with Crippen LogP contribution in [0.3, 0.4) is 0 Å². The Balaban J connectivity index is 2.32. The lowest BCUT2D eigenvalue weighted by atomic mass is 9.93. The molecule has 3 nitrogen and oxygen atoms in total. The zero-order valence-electron chi connectivity index (χ0n) is 13.0. The van der Waals surface area contributed by atoms with E-state index in [1.807, 2.05) is 25.1 Å². The molecule has 0 aliphatic rings. The van der Waals surface area contributed by atoms with Crippen LogP contribution < -0.4 is 16.0 Å². The fourth-order valence-electron chi connectivity index (χ4n) is 2.69. The third kappa shape index (κ3) is 3.63. The SMILES string of the molecule is CCOc1ccccc1C(Cc1c(C)cccc1C)NN. The number of nitrogens with two attached hydrogens (primary N) is 1. The van der Waals surface area contributed by atoms with Gasteiger partial charge in [-0.1, -0.05) is 36.4 Å². The summed E-state index contributed by atoms with van der Waals surface area (Å²) in [4.78, 5) is 0. The Kier molecular flexibility index (Phi) is 5.37. The number of nitrogens with one attached hydrogen (secondary N) is 1. The maximum absolute atomic E-state index is 5.81. The molecule has 2 aromatic carbocycles. The van der Waals surface area contributed by atoms with Gasteiger partial charge in [-0.2, -0.15) is 0 Å². The van der Waals surface area contributed by atoms with Gasteiger partial charge in [0.05, 0.1) is 12.6 Å². The number of hydrogen-bond acceptors (Lipinski definition) is 3. The Hall–Kier alpha value is -1.84. The fraction of sp³-hybridized carbons (Fsp3) is 0.333. The van der Waals surface area contributed by atoms with Crippen molar-refractivity contribution in [3.8, 4) is 5.75 Å². The Morgan fingerprint density at radius 1 is 1.05 bits per heavy atom. The van der Waals surface area contributed by atoms with Crippen molar-refractivity contribution in [2.75, 3.05) is 6.61 Å². The van der Waals surface area contributed by atoms with E-state index in [9.17, 15) is 0 Å². The van der Waals surface area contributed by atoms with Crippen LogP contribution in [-0.4, -0.2) is 6.61 Å². The lowest BCUT2D eigenvalue weighted by Crippen LogP contribution is -2.30. The number of para-hydroxylation sites is 1. The third-order valence-corrected chi connectivity index (χ3v) is 3.85. The van der Waals surface area contributed by atoms with Gasteiger partial charge in [0.25, 0.3) is 0 Å². The van der Waals surface area contributed by atoms with Crippen molar-refractivity contribution < 1.29 is 4.74 Å². The molecule has 0 bridgehead atoms. The van der Waals surface area contributed by atoms with Crippen molar-refractivity contribution >= 4 is 0 Å². The smallest absolute Gasteiger partial charge is 0.124 e. The molecule has 2 aromatic rings. The molecule has 112 valence electrons. The molecule has 3 N–H and O–H groups in total. The van der Waals surface area contributed by atoms with Gasteiger partial charge in [0, 0.05) is 5.56 Å². The summed E-state index contributed by atoms with van der Waals surface area (Å²) in [6.45, 7) is 6.93. The highest BCUT2D eigenvalue weighted by Gasteiger charge is 2.17. The summed E-state index contributed by atoms with van der Waals surface area (Å²) in [5.74, 6) is 6.71. The molecule has 21 heavy (non-hydrogen) atoms. The normalized spacial score (nSPS) is 12.2. The molecule has 0 aliphatic carbocycles. The molecular weight excluding hydrogens is 260 g/mol. The van der Waals surface area contributed by atoms with Crippen LogP contribution in [0.5, 0.6) is 5.75 Å². The summed E-state index contributed by atoms with van der Waals surface area (Å²) in [6, 6.07) is 14.5. The molecule has 0 heterocycles. The first kappa shape index (κ1) is 15.5. The van der Waals surface area contributed by atoms with Gasteiger partial charge in [-0.15, -0.1) is 0 Å². The topological polar surface area (TPSA) is 47.3 Å². The monoisotopic (exact) mass is 284 g/mol. The molecule has 1 unspecified atom stereocenters. The van der Waals surface area contributed by atoms with Crippen molar-refractivity contribution in [3.05, 3.63) is 64.7 Å². The summed E-state index contributed by atoms with van der Waals surface area (Å²) in [5.41, 5.74) is 7.97. The molecule has 0 aliphatic heterocycles. The van der Waals surface area contributed by atoms with E-state index in [1.54, 1.807) is 0 Å². The molecule has 1 atom stereocenters. The predicted octanol–water partition coefficient (Wildman–Crippen LogP) is 3.45. The molecule has 0 saturated heterocycles.